The lowest BCUT2D eigenvalue weighted by Crippen LogP contribution is -2.04. The first-order valence-electron chi connectivity index (χ1n) is 5.29. The standard InChI is InChI=1S/C14H9ClF2O/c15-11-4-1-9(2-5-11)7-14(18)10-3-6-12(16)13(17)8-10/h1-6,8H,7H2. The molecule has 0 aliphatic heterocycles. The number of hydrogen-bond donors (Lipinski definition) is 0. The summed E-state index contributed by atoms with van der Waals surface area (Å²) in [6.45, 7) is 0. The number of rotatable bonds is 3. The van der Waals surface area contributed by atoms with Crippen LogP contribution in [0.3, 0.4) is 0 Å². The van der Waals surface area contributed by atoms with E-state index in [0.29, 0.717) is 5.02 Å². The molecule has 92 valence electrons. The molecule has 1 nitrogen and oxygen atoms in total. The summed E-state index contributed by atoms with van der Waals surface area (Å²) in [5.41, 5.74) is 0.929. The molecular weight excluding hydrogens is 258 g/mol. The van der Waals surface area contributed by atoms with E-state index in [0.717, 1.165) is 17.7 Å². The predicted octanol–water partition coefficient (Wildman–Crippen LogP) is 4.04. The molecule has 0 aromatic heterocycles. The second kappa shape index (κ2) is 5.27. The maximum absolute atomic E-state index is 13.0. The molecular formula is C14H9ClF2O. The summed E-state index contributed by atoms with van der Waals surface area (Å²) in [6, 6.07) is 9.93. The summed E-state index contributed by atoms with van der Waals surface area (Å²) in [6.07, 6.45) is 0.127. The van der Waals surface area contributed by atoms with Crippen molar-refractivity contribution in [3.8, 4) is 0 Å². The molecule has 0 radical (unpaired) electrons. The van der Waals surface area contributed by atoms with E-state index < -0.39 is 11.6 Å². The molecule has 0 fully saturated rings. The third-order valence-corrected chi connectivity index (χ3v) is 2.77. The van der Waals surface area contributed by atoms with Crippen LogP contribution >= 0.6 is 11.6 Å². The van der Waals surface area contributed by atoms with Crippen LogP contribution in [0, 0.1) is 11.6 Å². The van der Waals surface area contributed by atoms with Gasteiger partial charge in [-0.2, -0.15) is 0 Å². The average Bonchev–Trinajstić information content (AvgIpc) is 2.35. The lowest BCUT2D eigenvalue weighted by molar-refractivity contribution is 0.0992. The molecule has 0 spiro atoms. The smallest absolute Gasteiger partial charge is 0.167 e. The zero-order chi connectivity index (χ0) is 13.1. The van der Waals surface area contributed by atoms with Crippen molar-refractivity contribution in [3.63, 3.8) is 0 Å². The molecule has 0 saturated carbocycles. The monoisotopic (exact) mass is 266 g/mol. The van der Waals surface area contributed by atoms with Crippen LogP contribution in [0.15, 0.2) is 42.5 Å². The van der Waals surface area contributed by atoms with Gasteiger partial charge in [0.15, 0.2) is 17.4 Å². The number of halogens is 3. The molecule has 4 heteroatoms. The zero-order valence-corrected chi connectivity index (χ0v) is 10.0. The van der Waals surface area contributed by atoms with Crippen molar-refractivity contribution in [1.82, 2.24) is 0 Å². The Morgan fingerprint density at radius 2 is 1.67 bits per heavy atom. The first kappa shape index (κ1) is 12.7. The van der Waals surface area contributed by atoms with Gasteiger partial charge < -0.3 is 0 Å². The van der Waals surface area contributed by atoms with Crippen LogP contribution in [0.1, 0.15) is 15.9 Å². The summed E-state index contributed by atoms with van der Waals surface area (Å²) in [5.74, 6) is -2.24. The maximum atomic E-state index is 13.0. The molecule has 0 aliphatic carbocycles. The molecule has 0 saturated heterocycles. The van der Waals surface area contributed by atoms with Gasteiger partial charge in [-0.1, -0.05) is 23.7 Å². The Balaban J connectivity index is 2.16. The minimum absolute atomic E-state index is 0.127. The van der Waals surface area contributed by atoms with Gasteiger partial charge in [-0.3, -0.25) is 4.79 Å². The first-order valence-corrected chi connectivity index (χ1v) is 5.67. The topological polar surface area (TPSA) is 17.1 Å². The van der Waals surface area contributed by atoms with Crippen molar-refractivity contribution in [2.24, 2.45) is 0 Å². The summed E-state index contributed by atoms with van der Waals surface area (Å²) in [5, 5.41) is 0.582. The van der Waals surface area contributed by atoms with Crippen LogP contribution in [-0.4, -0.2) is 5.78 Å². The molecule has 0 atom stereocenters. The van der Waals surface area contributed by atoms with Gasteiger partial charge in [-0.25, -0.2) is 8.78 Å². The lowest BCUT2D eigenvalue weighted by Gasteiger charge is -2.02. The Hall–Kier alpha value is -1.74. The fourth-order valence-corrected chi connectivity index (χ4v) is 1.69. The first-order chi connectivity index (χ1) is 8.56. The average molecular weight is 267 g/mol. The number of carbonyl (C=O) groups is 1. The van der Waals surface area contributed by atoms with Gasteiger partial charge in [0.05, 0.1) is 0 Å². The quantitative estimate of drug-likeness (QED) is 0.766. The molecule has 0 N–H and O–H groups in total. The third-order valence-electron chi connectivity index (χ3n) is 2.52. The third kappa shape index (κ3) is 2.93. The molecule has 0 unspecified atom stereocenters. The number of ketones is 1. The summed E-state index contributed by atoms with van der Waals surface area (Å²) < 4.78 is 25.7. The Bertz CT molecular complexity index is 579. The molecule has 0 bridgehead atoms. The minimum atomic E-state index is -1.02. The van der Waals surface area contributed by atoms with Crippen molar-refractivity contribution in [1.29, 1.82) is 0 Å². The van der Waals surface area contributed by atoms with Crippen molar-refractivity contribution >= 4 is 17.4 Å². The molecule has 2 rings (SSSR count). The normalized spacial score (nSPS) is 10.4. The SMILES string of the molecule is O=C(Cc1ccc(Cl)cc1)c1ccc(F)c(F)c1. The number of Topliss-reactive ketones (excluding diaryl/α,β-unsaturated/α-hetero) is 1. The summed E-state index contributed by atoms with van der Waals surface area (Å²) in [7, 11) is 0. The van der Waals surface area contributed by atoms with Crippen molar-refractivity contribution in [3.05, 3.63) is 70.2 Å². The maximum Gasteiger partial charge on any atom is 0.167 e. The Labute approximate surface area is 108 Å². The van der Waals surface area contributed by atoms with Gasteiger partial charge in [0.2, 0.25) is 0 Å². The van der Waals surface area contributed by atoms with E-state index >= 15 is 0 Å². The van der Waals surface area contributed by atoms with Gasteiger partial charge in [0.25, 0.3) is 0 Å². The Morgan fingerprint density at radius 3 is 2.28 bits per heavy atom. The number of benzene rings is 2. The summed E-state index contributed by atoms with van der Waals surface area (Å²) in [4.78, 5) is 11.8. The van der Waals surface area contributed by atoms with Crippen molar-refractivity contribution in [2.75, 3.05) is 0 Å². The molecule has 0 aliphatic rings. The number of hydrogen-bond acceptors (Lipinski definition) is 1. The van der Waals surface area contributed by atoms with E-state index in [1.165, 1.54) is 6.07 Å². The molecule has 2 aromatic carbocycles. The van der Waals surface area contributed by atoms with Crippen LogP contribution < -0.4 is 0 Å². The van der Waals surface area contributed by atoms with E-state index in [1.807, 2.05) is 0 Å². The second-order valence-corrected chi connectivity index (χ2v) is 4.29. The van der Waals surface area contributed by atoms with Gasteiger partial charge >= 0.3 is 0 Å². The zero-order valence-electron chi connectivity index (χ0n) is 9.29. The molecule has 18 heavy (non-hydrogen) atoms. The van der Waals surface area contributed by atoms with Crippen LogP contribution in [0.25, 0.3) is 0 Å². The van der Waals surface area contributed by atoms with Crippen LogP contribution in [0.2, 0.25) is 5.02 Å². The summed E-state index contributed by atoms with van der Waals surface area (Å²) >= 11 is 5.73. The Morgan fingerprint density at radius 1 is 1.00 bits per heavy atom. The minimum Gasteiger partial charge on any atom is -0.294 e. The molecule has 0 heterocycles. The van der Waals surface area contributed by atoms with Gasteiger partial charge in [0, 0.05) is 17.0 Å². The van der Waals surface area contributed by atoms with E-state index in [-0.39, 0.29) is 17.8 Å². The van der Waals surface area contributed by atoms with E-state index in [1.54, 1.807) is 24.3 Å². The lowest BCUT2D eigenvalue weighted by atomic mass is 10.0. The van der Waals surface area contributed by atoms with Crippen LogP contribution in [0.5, 0.6) is 0 Å². The highest BCUT2D eigenvalue weighted by molar-refractivity contribution is 6.30. The van der Waals surface area contributed by atoms with Crippen LogP contribution in [-0.2, 0) is 6.42 Å². The van der Waals surface area contributed by atoms with E-state index in [4.69, 9.17) is 11.6 Å². The van der Waals surface area contributed by atoms with Gasteiger partial charge in [-0.15, -0.1) is 0 Å². The highest BCUT2D eigenvalue weighted by Gasteiger charge is 2.10. The fourth-order valence-electron chi connectivity index (χ4n) is 1.56. The highest BCUT2D eigenvalue weighted by Crippen LogP contribution is 2.14. The highest BCUT2D eigenvalue weighted by atomic mass is 35.5. The fraction of sp³-hybridized carbons (Fsp3) is 0.0714. The van der Waals surface area contributed by atoms with E-state index in [2.05, 4.69) is 0 Å². The van der Waals surface area contributed by atoms with Gasteiger partial charge in [-0.05, 0) is 35.9 Å². The van der Waals surface area contributed by atoms with E-state index in [9.17, 15) is 13.6 Å². The van der Waals surface area contributed by atoms with Crippen molar-refractivity contribution in [2.45, 2.75) is 6.42 Å². The predicted molar refractivity (Wildman–Crippen MR) is 65.8 cm³/mol. The molecule has 2 aromatic rings. The molecule has 0 amide bonds. The second-order valence-electron chi connectivity index (χ2n) is 3.86. The van der Waals surface area contributed by atoms with Crippen LogP contribution in [0.4, 0.5) is 8.78 Å². The Kier molecular flexibility index (Phi) is 3.72. The van der Waals surface area contributed by atoms with Gasteiger partial charge in [0.1, 0.15) is 0 Å². The van der Waals surface area contributed by atoms with Crippen molar-refractivity contribution < 1.29 is 13.6 Å². The largest absolute Gasteiger partial charge is 0.294 e. The number of carbonyl (C=O) groups excluding carboxylic acids is 1.